The first-order valence-electron chi connectivity index (χ1n) is 10.6. The van der Waals surface area contributed by atoms with Gasteiger partial charge in [-0.2, -0.15) is 0 Å². The van der Waals surface area contributed by atoms with E-state index in [1.54, 1.807) is 32.7 Å². The number of hydrogen-bond acceptors (Lipinski definition) is 6. The second kappa shape index (κ2) is 10.4. The number of nitrogens with one attached hydrogen (secondary N) is 1. The number of para-hydroxylation sites is 1. The molecule has 0 saturated carbocycles. The molecule has 7 heteroatoms. The van der Waals surface area contributed by atoms with Gasteiger partial charge in [-0.15, -0.1) is 11.3 Å². The first-order valence-corrected chi connectivity index (χ1v) is 11.4. The molecule has 0 aliphatic carbocycles. The van der Waals surface area contributed by atoms with E-state index >= 15 is 0 Å². The summed E-state index contributed by atoms with van der Waals surface area (Å²) in [6.07, 6.45) is 1.61. The number of nitrogens with zero attached hydrogens (tertiary/aromatic N) is 1. The van der Waals surface area contributed by atoms with Crippen molar-refractivity contribution < 1.29 is 19.0 Å². The van der Waals surface area contributed by atoms with Crippen LogP contribution in [0.3, 0.4) is 0 Å². The number of fused-ring (bicyclic) bond motifs is 1. The molecule has 33 heavy (non-hydrogen) atoms. The van der Waals surface area contributed by atoms with Gasteiger partial charge in [-0.1, -0.05) is 30.3 Å². The lowest BCUT2D eigenvalue weighted by Crippen LogP contribution is -2.12. The molecule has 0 aliphatic heterocycles. The first-order chi connectivity index (χ1) is 16.1. The highest BCUT2D eigenvalue weighted by Crippen LogP contribution is 2.40. The van der Waals surface area contributed by atoms with Crippen molar-refractivity contribution in [1.82, 2.24) is 4.98 Å². The Hall–Kier alpha value is -3.58. The molecule has 170 valence electrons. The number of thiazole rings is 1. The van der Waals surface area contributed by atoms with Crippen molar-refractivity contribution in [2.75, 3.05) is 26.6 Å². The number of methoxy groups -OCH3 is 3. The third kappa shape index (κ3) is 5.26. The van der Waals surface area contributed by atoms with Crippen LogP contribution in [0.2, 0.25) is 0 Å². The number of rotatable bonds is 9. The van der Waals surface area contributed by atoms with Crippen molar-refractivity contribution in [2.24, 2.45) is 0 Å². The molecular formula is C26H26N2O4S. The van der Waals surface area contributed by atoms with E-state index in [9.17, 15) is 4.79 Å². The molecule has 0 spiro atoms. The molecule has 0 atom stereocenters. The van der Waals surface area contributed by atoms with E-state index in [1.807, 2.05) is 54.6 Å². The average Bonchev–Trinajstić information content (AvgIpc) is 3.25. The van der Waals surface area contributed by atoms with E-state index in [4.69, 9.17) is 19.2 Å². The lowest BCUT2D eigenvalue weighted by molar-refractivity contribution is -0.116. The van der Waals surface area contributed by atoms with Crippen LogP contribution in [0, 0.1) is 0 Å². The van der Waals surface area contributed by atoms with Crippen molar-refractivity contribution in [2.45, 2.75) is 19.3 Å². The molecule has 0 unspecified atom stereocenters. The molecule has 3 aromatic carbocycles. The van der Waals surface area contributed by atoms with Crippen LogP contribution < -0.4 is 19.5 Å². The van der Waals surface area contributed by atoms with Crippen molar-refractivity contribution in [3.63, 3.8) is 0 Å². The number of hydrogen-bond donors (Lipinski definition) is 1. The van der Waals surface area contributed by atoms with Gasteiger partial charge in [0.15, 0.2) is 11.5 Å². The zero-order valence-corrected chi connectivity index (χ0v) is 19.7. The summed E-state index contributed by atoms with van der Waals surface area (Å²) < 4.78 is 17.4. The molecule has 0 saturated heterocycles. The van der Waals surface area contributed by atoms with Crippen LogP contribution in [0.25, 0.3) is 10.2 Å². The highest BCUT2D eigenvalue weighted by Gasteiger charge is 2.16. The summed E-state index contributed by atoms with van der Waals surface area (Å²) >= 11 is 1.71. The second-order valence-corrected chi connectivity index (χ2v) is 8.61. The third-order valence-electron chi connectivity index (χ3n) is 5.34. The monoisotopic (exact) mass is 462 g/mol. The number of benzene rings is 3. The van der Waals surface area contributed by atoms with E-state index < -0.39 is 0 Å². The van der Waals surface area contributed by atoms with Crippen LogP contribution in [0.1, 0.15) is 22.6 Å². The molecule has 0 aliphatic rings. The molecular weight excluding hydrogens is 436 g/mol. The lowest BCUT2D eigenvalue weighted by atomic mass is 10.1. The highest BCUT2D eigenvalue weighted by molar-refractivity contribution is 7.18. The summed E-state index contributed by atoms with van der Waals surface area (Å²) in [4.78, 5) is 17.2. The predicted molar refractivity (Wildman–Crippen MR) is 132 cm³/mol. The van der Waals surface area contributed by atoms with Gasteiger partial charge in [0.05, 0.1) is 36.6 Å². The Morgan fingerprint density at radius 3 is 2.36 bits per heavy atom. The maximum atomic E-state index is 12.5. The molecule has 1 aromatic heterocycles. The van der Waals surface area contributed by atoms with Gasteiger partial charge in [-0.3, -0.25) is 4.79 Å². The molecule has 4 rings (SSSR count). The third-order valence-corrected chi connectivity index (χ3v) is 6.37. The maximum Gasteiger partial charge on any atom is 0.224 e. The number of aromatic nitrogens is 1. The number of carbonyl (C=O) groups excluding carboxylic acids is 1. The van der Waals surface area contributed by atoms with Crippen molar-refractivity contribution in [3.05, 3.63) is 76.8 Å². The van der Waals surface area contributed by atoms with E-state index in [0.29, 0.717) is 30.1 Å². The molecule has 0 radical (unpaired) electrons. The maximum absolute atomic E-state index is 12.5. The summed E-state index contributed by atoms with van der Waals surface area (Å²) in [5.74, 6) is 1.64. The largest absolute Gasteiger partial charge is 0.493 e. The summed E-state index contributed by atoms with van der Waals surface area (Å²) in [6, 6.07) is 19.8. The lowest BCUT2D eigenvalue weighted by Gasteiger charge is -2.15. The smallest absolute Gasteiger partial charge is 0.224 e. The van der Waals surface area contributed by atoms with Gasteiger partial charge in [0.2, 0.25) is 11.7 Å². The van der Waals surface area contributed by atoms with E-state index in [-0.39, 0.29) is 5.91 Å². The van der Waals surface area contributed by atoms with Gasteiger partial charge >= 0.3 is 0 Å². The van der Waals surface area contributed by atoms with E-state index in [1.165, 1.54) is 4.70 Å². The van der Waals surface area contributed by atoms with E-state index in [0.717, 1.165) is 33.8 Å². The Morgan fingerprint density at radius 1 is 0.909 bits per heavy atom. The van der Waals surface area contributed by atoms with Gasteiger partial charge in [0.1, 0.15) is 0 Å². The minimum absolute atomic E-state index is 0.0641. The molecule has 6 nitrogen and oxygen atoms in total. The van der Waals surface area contributed by atoms with Gasteiger partial charge in [0.25, 0.3) is 0 Å². The Labute approximate surface area is 197 Å². The highest BCUT2D eigenvalue weighted by atomic mass is 32.1. The van der Waals surface area contributed by atoms with Gasteiger partial charge in [-0.05, 0) is 47.9 Å². The predicted octanol–water partition coefficient (Wildman–Crippen LogP) is 5.48. The Morgan fingerprint density at radius 2 is 1.67 bits per heavy atom. The fourth-order valence-electron chi connectivity index (χ4n) is 3.71. The first kappa shape index (κ1) is 22.6. The zero-order chi connectivity index (χ0) is 23.2. The number of aryl methyl sites for hydroxylation is 1. The normalized spacial score (nSPS) is 10.8. The molecule has 1 heterocycles. The Balaban J connectivity index is 1.35. The minimum Gasteiger partial charge on any atom is -0.493 e. The van der Waals surface area contributed by atoms with Gasteiger partial charge in [-0.25, -0.2) is 4.98 Å². The van der Waals surface area contributed by atoms with Crippen LogP contribution in [0.15, 0.2) is 60.7 Å². The number of carbonyl (C=O) groups is 1. The number of anilines is 1. The summed E-state index contributed by atoms with van der Waals surface area (Å²) in [7, 11) is 4.73. The second-order valence-electron chi connectivity index (χ2n) is 7.49. The summed E-state index contributed by atoms with van der Waals surface area (Å²) in [6.45, 7) is 0. The van der Waals surface area contributed by atoms with Gasteiger partial charge < -0.3 is 19.5 Å². The van der Waals surface area contributed by atoms with Crippen LogP contribution in [0.5, 0.6) is 17.2 Å². The number of amides is 1. The topological polar surface area (TPSA) is 69.7 Å². The summed E-state index contributed by atoms with van der Waals surface area (Å²) in [5.41, 5.74) is 3.85. The SMILES string of the molecule is COc1ccc(CCC(=O)Nc2ccc(Cc3nc4ccccc4s3)cc2)c(OC)c1OC. The van der Waals surface area contributed by atoms with Crippen molar-refractivity contribution in [1.29, 1.82) is 0 Å². The van der Waals surface area contributed by atoms with Crippen molar-refractivity contribution >= 4 is 33.1 Å². The quantitative estimate of drug-likeness (QED) is 0.356. The number of ether oxygens (including phenoxy) is 3. The summed E-state index contributed by atoms with van der Waals surface area (Å²) in [5, 5.41) is 4.05. The molecule has 0 fully saturated rings. The molecule has 0 bridgehead atoms. The minimum atomic E-state index is -0.0641. The fourth-order valence-corrected chi connectivity index (χ4v) is 4.71. The molecule has 1 N–H and O–H groups in total. The standard InChI is InChI=1S/C26H26N2O4S/c1-30-21-14-10-18(25(31-2)26(21)32-3)11-15-23(29)27-19-12-8-17(9-13-19)16-24-28-20-6-4-5-7-22(20)33-24/h4-10,12-14H,11,15-16H2,1-3H3,(H,27,29). The Kier molecular flexibility index (Phi) is 7.10. The Bertz CT molecular complexity index is 1220. The van der Waals surface area contributed by atoms with Crippen molar-refractivity contribution in [3.8, 4) is 17.2 Å². The zero-order valence-electron chi connectivity index (χ0n) is 18.9. The average molecular weight is 463 g/mol. The van der Waals surface area contributed by atoms with Crippen LogP contribution >= 0.6 is 11.3 Å². The van der Waals surface area contributed by atoms with Crippen LogP contribution in [0.4, 0.5) is 5.69 Å². The molecule has 4 aromatic rings. The molecule has 1 amide bonds. The van der Waals surface area contributed by atoms with Gasteiger partial charge in [0, 0.05) is 18.5 Å². The van der Waals surface area contributed by atoms with E-state index in [2.05, 4.69) is 11.4 Å². The fraction of sp³-hybridized carbons (Fsp3) is 0.231. The van der Waals surface area contributed by atoms with Crippen LogP contribution in [-0.2, 0) is 17.6 Å². The van der Waals surface area contributed by atoms with Crippen LogP contribution in [-0.4, -0.2) is 32.2 Å².